The number of unbranched alkanes of at least 4 members (excludes halogenated alkanes) is 12. The molecule has 56 heavy (non-hydrogen) atoms. The smallest absolute Gasteiger partial charge is 0.331 e. The third-order valence-corrected chi connectivity index (χ3v) is 9.47. The van der Waals surface area contributed by atoms with Gasteiger partial charge in [-0.1, -0.05) is 157 Å². The molecule has 9 nitrogen and oxygen atoms in total. The molecule has 0 saturated carbocycles. The molecule has 0 radical (unpaired) electrons. The van der Waals surface area contributed by atoms with Gasteiger partial charge in [-0.3, -0.25) is 9.36 Å². The maximum absolute atomic E-state index is 12.5. The van der Waals surface area contributed by atoms with Crippen LogP contribution in [0, 0.1) is 0 Å². The zero-order valence-corrected chi connectivity index (χ0v) is 36.7. The topological polar surface area (TPSA) is 111 Å². The molecule has 0 bridgehead atoms. The summed E-state index contributed by atoms with van der Waals surface area (Å²) in [7, 11) is 1.07. The van der Waals surface area contributed by atoms with Crippen LogP contribution in [0.2, 0.25) is 0 Å². The summed E-state index contributed by atoms with van der Waals surface area (Å²) in [5, 5.41) is 0. The van der Waals surface area contributed by atoms with E-state index < -0.39 is 32.5 Å². The molecule has 0 heterocycles. The molecular weight excluding hydrogens is 725 g/mol. The third kappa shape index (κ3) is 40.8. The van der Waals surface area contributed by atoms with Crippen molar-refractivity contribution in [3.05, 3.63) is 85.1 Å². The van der Waals surface area contributed by atoms with Crippen molar-refractivity contribution in [2.75, 3.05) is 47.5 Å². The molecule has 0 saturated heterocycles. The van der Waals surface area contributed by atoms with E-state index in [2.05, 4.69) is 68.5 Å². The standard InChI is InChI=1S/C46H78NO8P/c1-6-8-10-12-14-16-18-20-22-23-25-26-28-30-32-34-36-38-45(48)52-42-44(43-54-56(50,51)53-41-40-47(3,4)5)55-46(49)39-37-35-33-31-29-27-24-21-19-17-15-13-11-9-7-2/h8,10,14,16,20,22,25-26,30,32-33,35,37,39,44H,6-7,9,11-13,15,17-19,21,23-24,27-29,31,34,36,38,40-43H2,1-5H3/b10-8+,16-14+,22-20+,26-25+,32-30+,35-33+,39-37+/t44-/m1/s1. The first kappa shape index (κ1) is 53.2. The molecule has 0 aliphatic rings. The van der Waals surface area contributed by atoms with E-state index in [0.717, 1.165) is 44.9 Å². The van der Waals surface area contributed by atoms with Gasteiger partial charge in [-0.05, 0) is 57.8 Å². The summed E-state index contributed by atoms with van der Waals surface area (Å²) >= 11 is 0. The van der Waals surface area contributed by atoms with Gasteiger partial charge in [-0.2, -0.15) is 0 Å². The quantitative estimate of drug-likeness (QED) is 0.0116. The van der Waals surface area contributed by atoms with Crippen LogP contribution in [0.5, 0.6) is 0 Å². The van der Waals surface area contributed by atoms with Gasteiger partial charge in [0.25, 0.3) is 7.82 Å². The second-order valence-corrected chi connectivity index (χ2v) is 16.5. The molecule has 0 rings (SSSR count). The molecule has 0 amide bonds. The Morgan fingerprint density at radius 1 is 0.625 bits per heavy atom. The van der Waals surface area contributed by atoms with Crippen molar-refractivity contribution >= 4 is 19.8 Å². The van der Waals surface area contributed by atoms with E-state index in [1.54, 1.807) is 12.2 Å². The van der Waals surface area contributed by atoms with Crippen molar-refractivity contribution in [3.8, 4) is 0 Å². The number of hydrogen-bond donors (Lipinski definition) is 0. The van der Waals surface area contributed by atoms with Gasteiger partial charge in [0.15, 0.2) is 6.10 Å². The van der Waals surface area contributed by atoms with Crippen molar-refractivity contribution in [1.82, 2.24) is 0 Å². The molecule has 1 unspecified atom stereocenters. The fourth-order valence-electron chi connectivity index (χ4n) is 5.18. The van der Waals surface area contributed by atoms with Crippen LogP contribution in [0.3, 0.4) is 0 Å². The van der Waals surface area contributed by atoms with Gasteiger partial charge in [0.1, 0.15) is 19.8 Å². The lowest BCUT2D eigenvalue weighted by Gasteiger charge is -2.28. The third-order valence-electron chi connectivity index (χ3n) is 8.51. The molecule has 0 fully saturated rings. The highest BCUT2D eigenvalue weighted by Gasteiger charge is 2.21. The largest absolute Gasteiger partial charge is 0.756 e. The van der Waals surface area contributed by atoms with Crippen molar-refractivity contribution in [2.45, 2.75) is 148 Å². The van der Waals surface area contributed by atoms with Crippen molar-refractivity contribution < 1.29 is 42.1 Å². The van der Waals surface area contributed by atoms with Crippen molar-refractivity contribution in [1.29, 1.82) is 0 Å². The first-order chi connectivity index (χ1) is 27.0. The zero-order valence-electron chi connectivity index (χ0n) is 35.8. The number of ether oxygens (including phenoxy) is 2. The Bertz CT molecular complexity index is 1230. The summed E-state index contributed by atoms with van der Waals surface area (Å²) in [5.41, 5.74) is 0. The highest BCUT2D eigenvalue weighted by molar-refractivity contribution is 7.45. The van der Waals surface area contributed by atoms with Gasteiger partial charge in [0.2, 0.25) is 0 Å². The average Bonchev–Trinajstić information content (AvgIpc) is 3.15. The number of carbonyl (C=O) groups is 2. The fraction of sp³-hybridized carbons (Fsp3) is 0.652. The molecule has 320 valence electrons. The molecule has 0 aliphatic carbocycles. The van der Waals surface area contributed by atoms with E-state index in [9.17, 15) is 19.0 Å². The highest BCUT2D eigenvalue weighted by Crippen LogP contribution is 2.38. The van der Waals surface area contributed by atoms with Gasteiger partial charge >= 0.3 is 11.9 Å². The number of rotatable bonds is 37. The van der Waals surface area contributed by atoms with Gasteiger partial charge in [0, 0.05) is 12.5 Å². The molecule has 0 aromatic carbocycles. The molecule has 0 aromatic rings. The van der Waals surface area contributed by atoms with Crippen LogP contribution >= 0.6 is 7.82 Å². The Balaban J connectivity index is 4.59. The second kappa shape index (κ2) is 37.7. The number of phosphoric acid groups is 1. The first-order valence-corrected chi connectivity index (χ1v) is 22.8. The van der Waals surface area contributed by atoms with Crippen LogP contribution < -0.4 is 4.89 Å². The summed E-state index contributed by atoms with van der Waals surface area (Å²) < 4.78 is 33.6. The van der Waals surface area contributed by atoms with E-state index in [0.29, 0.717) is 23.9 Å². The second-order valence-electron chi connectivity index (χ2n) is 15.0. The fourth-order valence-corrected chi connectivity index (χ4v) is 5.91. The molecule has 0 aromatic heterocycles. The molecule has 10 heteroatoms. The molecule has 0 aliphatic heterocycles. The van der Waals surface area contributed by atoms with Crippen LogP contribution in [-0.2, 0) is 32.7 Å². The maximum Gasteiger partial charge on any atom is 0.331 e. The first-order valence-electron chi connectivity index (χ1n) is 21.3. The normalized spacial score (nSPS) is 14.5. The van der Waals surface area contributed by atoms with Gasteiger partial charge < -0.3 is 27.9 Å². The van der Waals surface area contributed by atoms with Gasteiger partial charge in [-0.15, -0.1) is 0 Å². The monoisotopic (exact) mass is 804 g/mol. The summed E-state index contributed by atoms with van der Waals surface area (Å²) in [6.45, 7) is 3.89. The lowest BCUT2D eigenvalue weighted by atomic mass is 10.1. The Kier molecular flexibility index (Phi) is 35.9. The van der Waals surface area contributed by atoms with Crippen LogP contribution in [0.15, 0.2) is 85.1 Å². The number of allylic oxidation sites excluding steroid dienone is 13. The minimum atomic E-state index is -4.67. The van der Waals surface area contributed by atoms with Crippen molar-refractivity contribution in [2.24, 2.45) is 0 Å². The van der Waals surface area contributed by atoms with E-state index in [1.165, 1.54) is 70.3 Å². The number of nitrogens with zero attached hydrogens (tertiary/aromatic N) is 1. The summed E-state index contributed by atoms with van der Waals surface area (Å²) in [4.78, 5) is 37.3. The number of esters is 2. The molecule has 0 spiro atoms. The SMILES string of the molecule is CC/C=C/C/C=C/C/C=C/C/C=C/C/C=C/CCCC(=O)OC[C@H](COP(=O)([O-])OCC[N+](C)(C)C)OC(=O)/C=C/C=C/CCCCCCCCCCCCC. The maximum atomic E-state index is 12.5. The zero-order chi connectivity index (χ0) is 41.4. The summed E-state index contributed by atoms with van der Waals surface area (Å²) in [6, 6.07) is 0. The number of quaternary nitrogens is 1. The average molecular weight is 804 g/mol. The van der Waals surface area contributed by atoms with Gasteiger partial charge in [0.05, 0.1) is 27.7 Å². The number of hydrogen-bond acceptors (Lipinski definition) is 8. The lowest BCUT2D eigenvalue weighted by molar-refractivity contribution is -0.870. The predicted octanol–water partition coefficient (Wildman–Crippen LogP) is 11.4. The van der Waals surface area contributed by atoms with Crippen molar-refractivity contribution in [3.63, 3.8) is 0 Å². The van der Waals surface area contributed by atoms with E-state index in [-0.39, 0.29) is 19.6 Å². The van der Waals surface area contributed by atoms with Gasteiger partial charge in [-0.25, -0.2) is 4.79 Å². The number of phosphoric ester groups is 1. The Morgan fingerprint density at radius 2 is 1.14 bits per heavy atom. The Labute approximate surface area is 341 Å². The van der Waals surface area contributed by atoms with Crippen LogP contribution in [0.25, 0.3) is 0 Å². The molecule has 2 atom stereocenters. The summed E-state index contributed by atoms with van der Waals surface area (Å²) in [5.74, 6) is -1.16. The Morgan fingerprint density at radius 3 is 1.70 bits per heavy atom. The number of carbonyl (C=O) groups excluding carboxylic acids is 2. The van der Waals surface area contributed by atoms with E-state index >= 15 is 0 Å². The van der Waals surface area contributed by atoms with E-state index in [1.807, 2.05) is 33.3 Å². The highest BCUT2D eigenvalue weighted by atomic mass is 31.2. The lowest BCUT2D eigenvalue weighted by Crippen LogP contribution is -2.37. The number of likely N-dealkylation sites (N-methyl/N-ethyl adjacent to an activating group) is 1. The van der Waals surface area contributed by atoms with E-state index in [4.69, 9.17) is 18.5 Å². The minimum absolute atomic E-state index is 0.0597. The predicted molar refractivity (Wildman–Crippen MR) is 231 cm³/mol. The summed E-state index contributed by atoms with van der Waals surface area (Å²) in [6.07, 6.45) is 48.3. The minimum Gasteiger partial charge on any atom is -0.756 e. The van der Waals surface area contributed by atoms with Crippen LogP contribution in [-0.4, -0.2) is 70.0 Å². The molecule has 0 N–H and O–H groups in total. The van der Waals surface area contributed by atoms with Crippen LogP contribution in [0.1, 0.15) is 142 Å². The Hall–Kier alpha value is -2.81. The van der Waals surface area contributed by atoms with Crippen LogP contribution in [0.4, 0.5) is 0 Å². The molecular formula is C46H78NO8P.